The van der Waals surface area contributed by atoms with Crippen LogP contribution in [-0.2, 0) is 16.0 Å². The van der Waals surface area contributed by atoms with Gasteiger partial charge in [0.05, 0.1) is 10.6 Å². The van der Waals surface area contributed by atoms with Crippen LogP contribution in [0.1, 0.15) is 5.69 Å². The molecule has 0 saturated carbocycles. The zero-order valence-electron chi connectivity index (χ0n) is 13.2. The number of sulfone groups is 1. The zero-order chi connectivity index (χ0) is 19.1. The van der Waals surface area contributed by atoms with Crippen molar-refractivity contribution in [3.63, 3.8) is 0 Å². The van der Waals surface area contributed by atoms with Crippen LogP contribution in [0.3, 0.4) is 0 Å². The number of nitrogens with zero attached hydrogens (tertiary/aromatic N) is 3. The number of rotatable bonds is 3. The molecule has 0 bridgehead atoms. The van der Waals surface area contributed by atoms with Gasteiger partial charge in [0, 0.05) is 22.5 Å². The summed E-state index contributed by atoms with van der Waals surface area (Å²) < 4.78 is 64.2. The molecule has 2 aromatic heterocycles. The van der Waals surface area contributed by atoms with Gasteiger partial charge in [-0.3, -0.25) is 0 Å². The van der Waals surface area contributed by atoms with Gasteiger partial charge >= 0.3 is 6.18 Å². The van der Waals surface area contributed by atoms with Crippen molar-refractivity contribution in [2.45, 2.75) is 11.1 Å². The van der Waals surface area contributed by atoms with Crippen LogP contribution in [-0.4, -0.2) is 29.4 Å². The Bertz CT molecular complexity index is 1060. The largest absolute Gasteiger partial charge is 0.435 e. The minimum atomic E-state index is -4.63. The van der Waals surface area contributed by atoms with Crippen LogP contribution in [0.25, 0.3) is 17.1 Å². The molecule has 3 aromatic rings. The Morgan fingerprint density at radius 1 is 1.12 bits per heavy atom. The van der Waals surface area contributed by atoms with Crippen LogP contribution in [0.4, 0.5) is 13.2 Å². The monoisotopic (exact) mass is 445 g/mol. The van der Waals surface area contributed by atoms with Crippen LogP contribution < -0.4 is 0 Å². The number of alkyl halides is 3. The highest BCUT2D eigenvalue weighted by atomic mass is 79.9. The summed E-state index contributed by atoms with van der Waals surface area (Å²) in [6.07, 6.45) is -2.52. The summed E-state index contributed by atoms with van der Waals surface area (Å²) in [5.41, 5.74) is -0.393. The second-order valence-electron chi connectivity index (χ2n) is 5.46. The molecule has 0 unspecified atom stereocenters. The van der Waals surface area contributed by atoms with Crippen molar-refractivity contribution < 1.29 is 21.6 Å². The average molecular weight is 446 g/mol. The fourth-order valence-electron chi connectivity index (χ4n) is 2.26. The van der Waals surface area contributed by atoms with Crippen molar-refractivity contribution in [1.29, 1.82) is 0 Å². The number of halogens is 4. The molecule has 1 aromatic carbocycles. The lowest BCUT2D eigenvalue weighted by atomic mass is 10.1. The number of pyridine rings is 1. The average Bonchev–Trinajstić information content (AvgIpc) is 3.00. The Morgan fingerprint density at radius 3 is 2.38 bits per heavy atom. The highest BCUT2D eigenvalue weighted by molar-refractivity contribution is 9.10. The van der Waals surface area contributed by atoms with Gasteiger partial charge in [0.1, 0.15) is 0 Å². The van der Waals surface area contributed by atoms with E-state index in [0.29, 0.717) is 10.0 Å². The molecule has 136 valence electrons. The molecular weight excluding hydrogens is 435 g/mol. The molecule has 0 radical (unpaired) electrons. The Labute approximate surface area is 155 Å². The van der Waals surface area contributed by atoms with E-state index in [0.717, 1.165) is 23.2 Å². The lowest BCUT2D eigenvalue weighted by Crippen LogP contribution is -2.08. The summed E-state index contributed by atoms with van der Waals surface area (Å²) >= 11 is 3.28. The first-order chi connectivity index (χ1) is 12.1. The molecule has 0 spiro atoms. The van der Waals surface area contributed by atoms with Gasteiger partial charge in [-0.2, -0.15) is 18.3 Å². The molecule has 0 saturated heterocycles. The number of aromatic nitrogens is 3. The normalized spacial score (nSPS) is 12.3. The van der Waals surface area contributed by atoms with Gasteiger partial charge in [-0.1, -0.05) is 28.1 Å². The second kappa shape index (κ2) is 6.51. The maximum Gasteiger partial charge on any atom is 0.435 e. The first-order valence-corrected chi connectivity index (χ1v) is 9.84. The molecule has 0 fully saturated rings. The predicted octanol–water partition coefficient (Wildman–Crippen LogP) is 4.12. The van der Waals surface area contributed by atoms with E-state index < -0.39 is 21.7 Å². The standard InChI is InChI=1S/C16H11BrF3N3O2S/c1-26(24,25)12-5-6-15(21-9-12)23-13(8-14(22-23)16(18,19)20)10-3-2-4-11(17)7-10/h2-9H,1H3. The molecule has 0 atom stereocenters. The van der Waals surface area contributed by atoms with Crippen molar-refractivity contribution in [1.82, 2.24) is 14.8 Å². The summed E-state index contributed by atoms with van der Waals surface area (Å²) in [6.45, 7) is 0. The van der Waals surface area contributed by atoms with Gasteiger partial charge in [-0.25, -0.2) is 18.1 Å². The number of benzene rings is 1. The third-order valence-corrected chi connectivity index (χ3v) is 5.08. The van der Waals surface area contributed by atoms with E-state index >= 15 is 0 Å². The summed E-state index contributed by atoms with van der Waals surface area (Å²) in [6, 6.07) is 10.2. The lowest BCUT2D eigenvalue weighted by Gasteiger charge is -2.08. The first-order valence-electron chi connectivity index (χ1n) is 7.15. The Hall–Kier alpha value is -2.20. The van der Waals surface area contributed by atoms with E-state index in [9.17, 15) is 21.6 Å². The fraction of sp³-hybridized carbons (Fsp3) is 0.125. The summed E-state index contributed by atoms with van der Waals surface area (Å²) in [5.74, 6) is 0.0721. The minimum absolute atomic E-state index is 0.0338. The van der Waals surface area contributed by atoms with Gasteiger partial charge in [0.25, 0.3) is 0 Å². The van der Waals surface area contributed by atoms with Crippen LogP contribution in [0.5, 0.6) is 0 Å². The highest BCUT2D eigenvalue weighted by Crippen LogP contribution is 2.33. The summed E-state index contributed by atoms with van der Waals surface area (Å²) in [4.78, 5) is 3.93. The lowest BCUT2D eigenvalue weighted by molar-refractivity contribution is -0.141. The molecule has 5 nitrogen and oxygen atoms in total. The highest BCUT2D eigenvalue weighted by Gasteiger charge is 2.35. The minimum Gasteiger partial charge on any atom is -0.236 e. The van der Waals surface area contributed by atoms with E-state index in [2.05, 4.69) is 26.0 Å². The first kappa shape index (κ1) is 18.6. The van der Waals surface area contributed by atoms with Crippen LogP contribution >= 0.6 is 15.9 Å². The molecule has 26 heavy (non-hydrogen) atoms. The third kappa shape index (κ3) is 3.80. The fourth-order valence-corrected chi connectivity index (χ4v) is 3.22. The van der Waals surface area contributed by atoms with Crippen LogP contribution in [0.2, 0.25) is 0 Å². The van der Waals surface area contributed by atoms with E-state index in [1.165, 1.54) is 12.1 Å². The van der Waals surface area contributed by atoms with Crippen molar-refractivity contribution in [3.8, 4) is 17.1 Å². The van der Waals surface area contributed by atoms with E-state index in [1.54, 1.807) is 24.3 Å². The topological polar surface area (TPSA) is 64.8 Å². The van der Waals surface area contributed by atoms with Gasteiger partial charge < -0.3 is 0 Å². The molecule has 3 rings (SSSR count). The maximum atomic E-state index is 13.1. The Balaban J connectivity index is 2.18. The van der Waals surface area contributed by atoms with Crippen LogP contribution in [0.15, 0.2) is 58.0 Å². The molecule has 2 heterocycles. The Morgan fingerprint density at radius 2 is 1.85 bits per heavy atom. The molecule has 0 N–H and O–H groups in total. The van der Waals surface area contributed by atoms with Crippen molar-refractivity contribution in [3.05, 3.63) is 58.8 Å². The maximum absolute atomic E-state index is 13.1. The van der Waals surface area contributed by atoms with Gasteiger partial charge in [0.15, 0.2) is 21.3 Å². The van der Waals surface area contributed by atoms with Crippen molar-refractivity contribution >= 4 is 25.8 Å². The third-order valence-electron chi connectivity index (χ3n) is 3.49. The number of hydrogen-bond acceptors (Lipinski definition) is 4. The number of hydrogen-bond donors (Lipinski definition) is 0. The predicted molar refractivity (Wildman–Crippen MR) is 92.6 cm³/mol. The molecular formula is C16H11BrF3N3O2S. The summed E-state index contributed by atoms with van der Waals surface area (Å²) in [7, 11) is -3.47. The Kier molecular flexibility index (Phi) is 4.65. The summed E-state index contributed by atoms with van der Waals surface area (Å²) in [5, 5.41) is 3.61. The van der Waals surface area contributed by atoms with Gasteiger partial charge in [-0.15, -0.1) is 0 Å². The molecule has 0 aliphatic carbocycles. The van der Waals surface area contributed by atoms with E-state index in [1.807, 2.05) is 0 Å². The van der Waals surface area contributed by atoms with Crippen molar-refractivity contribution in [2.24, 2.45) is 0 Å². The smallest absolute Gasteiger partial charge is 0.236 e. The quantitative estimate of drug-likeness (QED) is 0.608. The second-order valence-corrected chi connectivity index (χ2v) is 8.39. The van der Waals surface area contributed by atoms with Crippen LogP contribution in [0, 0.1) is 0 Å². The van der Waals surface area contributed by atoms with E-state index in [4.69, 9.17) is 0 Å². The van der Waals surface area contributed by atoms with E-state index in [-0.39, 0.29) is 16.4 Å². The van der Waals surface area contributed by atoms with Crippen molar-refractivity contribution in [2.75, 3.05) is 6.26 Å². The van der Waals surface area contributed by atoms with Gasteiger partial charge in [-0.05, 0) is 30.3 Å². The zero-order valence-corrected chi connectivity index (χ0v) is 15.6. The molecule has 0 aliphatic heterocycles. The molecule has 10 heteroatoms. The molecule has 0 amide bonds. The van der Waals surface area contributed by atoms with Gasteiger partial charge in [0.2, 0.25) is 0 Å². The molecule has 0 aliphatic rings. The SMILES string of the molecule is CS(=O)(=O)c1ccc(-n2nc(C(F)(F)F)cc2-c2cccc(Br)c2)nc1.